The average Bonchev–Trinajstić information content (AvgIpc) is 2.72. The molecule has 0 saturated heterocycles. The number of anilines is 1. The van der Waals surface area contributed by atoms with Crippen molar-refractivity contribution in [3.8, 4) is 0 Å². The Kier molecular flexibility index (Phi) is 4.35. The van der Waals surface area contributed by atoms with Crippen molar-refractivity contribution in [1.82, 2.24) is 0 Å². The highest BCUT2D eigenvalue weighted by Gasteiger charge is 2.33. The summed E-state index contributed by atoms with van der Waals surface area (Å²) in [5.74, 6) is -2.35. The number of nitrogens with zero attached hydrogens (tertiary/aromatic N) is 1. The molecule has 1 atom stereocenters. The van der Waals surface area contributed by atoms with Crippen molar-refractivity contribution in [3.63, 3.8) is 0 Å². The van der Waals surface area contributed by atoms with Crippen molar-refractivity contribution in [2.24, 2.45) is 5.73 Å². The van der Waals surface area contributed by atoms with Crippen molar-refractivity contribution in [2.45, 2.75) is 13.0 Å². The van der Waals surface area contributed by atoms with E-state index in [0.29, 0.717) is 22.2 Å². The van der Waals surface area contributed by atoms with Crippen LogP contribution in [0.4, 0.5) is 5.69 Å². The van der Waals surface area contributed by atoms with E-state index in [1.165, 1.54) is 31.2 Å². The molecule has 0 aliphatic carbocycles. The molecule has 0 saturated carbocycles. The Morgan fingerprint density at radius 2 is 1.45 bits per heavy atom. The Morgan fingerprint density at radius 1 is 0.897 bits per heavy atom. The van der Waals surface area contributed by atoms with Gasteiger partial charge in [0.15, 0.2) is 6.10 Å². The van der Waals surface area contributed by atoms with E-state index in [2.05, 4.69) is 0 Å². The smallest absolute Gasteiger partial charge is 0.338 e. The molecule has 144 valence electrons. The van der Waals surface area contributed by atoms with E-state index < -0.39 is 29.8 Å². The molecule has 0 aromatic heterocycles. The fourth-order valence-corrected chi connectivity index (χ4v) is 3.30. The first-order valence-corrected chi connectivity index (χ1v) is 8.89. The summed E-state index contributed by atoms with van der Waals surface area (Å²) in [6.07, 6.45) is -1.07. The predicted molar refractivity (Wildman–Crippen MR) is 106 cm³/mol. The zero-order valence-electron chi connectivity index (χ0n) is 15.4. The molecule has 0 radical (unpaired) electrons. The molecule has 0 fully saturated rings. The van der Waals surface area contributed by atoms with Crippen LogP contribution in [0.3, 0.4) is 0 Å². The molecule has 1 heterocycles. The van der Waals surface area contributed by atoms with Gasteiger partial charge in [-0.05, 0) is 48.7 Å². The van der Waals surface area contributed by atoms with Crippen LogP contribution in [-0.2, 0) is 9.53 Å². The van der Waals surface area contributed by atoms with Crippen molar-refractivity contribution < 1.29 is 23.9 Å². The third kappa shape index (κ3) is 3.02. The summed E-state index contributed by atoms with van der Waals surface area (Å²) in [5, 5.41) is 1.46. The average molecular weight is 388 g/mol. The highest BCUT2D eigenvalue weighted by atomic mass is 16.5. The zero-order chi connectivity index (χ0) is 20.7. The minimum Gasteiger partial charge on any atom is -0.449 e. The van der Waals surface area contributed by atoms with Gasteiger partial charge in [0.1, 0.15) is 0 Å². The van der Waals surface area contributed by atoms with Crippen LogP contribution in [0.15, 0.2) is 60.7 Å². The van der Waals surface area contributed by atoms with Crippen molar-refractivity contribution in [2.75, 3.05) is 4.90 Å². The van der Waals surface area contributed by atoms with Gasteiger partial charge in [-0.3, -0.25) is 14.4 Å². The number of ether oxygens (including phenoxy) is 1. The molecule has 3 aromatic carbocycles. The van der Waals surface area contributed by atoms with Gasteiger partial charge in [-0.25, -0.2) is 9.69 Å². The largest absolute Gasteiger partial charge is 0.449 e. The molecule has 1 aliphatic rings. The Labute approximate surface area is 165 Å². The van der Waals surface area contributed by atoms with Crippen LogP contribution in [0.2, 0.25) is 0 Å². The number of amides is 3. The third-order valence-electron chi connectivity index (χ3n) is 4.82. The van der Waals surface area contributed by atoms with Crippen LogP contribution in [-0.4, -0.2) is 29.8 Å². The fraction of sp³-hybridized carbons (Fsp3) is 0.0909. The molecule has 0 spiro atoms. The summed E-state index contributed by atoms with van der Waals surface area (Å²) in [7, 11) is 0. The fourth-order valence-electron chi connectivity index (χ4n) is 3.30. The molecule has 29 heavy (non-hydrogen) atoms. The minimum atomic E-state index is -1.07. The maximum Gasteiger partial charge on any atom is 0.338 e. The molecule has 4 rings (SSSR count). The van der Waals surface area contributed by atoms with Crippen molar-refractivity contribution in [3.05, 3.63) is 77.4 Å². The topological polar surface area (TPSA) is 107 Å². The second-order valence-corrected chi connectivity index (χ2v) is 6.65. The number of hydrogen-bond donors (Lipinski definition) is 1. The van der Waals surface area contributed by atoms with Gasteiger partial charge in [-0.1, -0.05) is 24.3 Å². The first-order chi connectivity index (χ1) is 13.9. The lowest BCUT2D eigenvalue weighted by Crippen LogP contribution is -2.40. The number of carbonyl (C=O) groups is 4. The van der Waals surface area contributed by atoms with Gasteiger partial charge in [0.25, 0.3) is 17.7 Å². The van der Waals surface area contributed by atoms with Gasteiger partial charge in [0.2, 0.25) is 0 Å². The molecular formula is C22H16N2O5. The summed E-state index contributed by atoms with van der Waals surface area (Å²) < 4.78 is 4.95. The van der Waals surface area contributed by atoms with Crippen LogP contribution in [0, 0.1) is 0 Å². The number of carbonyl (C=O) groups excluding carboxylic acids is 4. The molecule has 0 bridgehead atoms. The van der Waals surface area contributed by atoms with Gasteiger partial charge in [-0.2, -0.15) is 0 Å². The zero-order valence-corrected chi connectivity index (χ0v) is 15.4. The Morgan fingerprint density at radius 3 is 1.97 bits per heavy atom. The van der Waals surface area contributed by atoms with Gasteiger partial charge in [0.05, 0.1) is 11.3 Å². The first kappa shape index (κ1) is 18.4. The lowest BCUT2D eigenvalue weighted by atomic mass is 9.94. The van der Waals surface area contributed by atoms with Crippen molar-refractivity contribution in [1.29, 1.82) is 0 Å². The van der Waals surface area contributed by atoms with E-state index in [9.17, 15) is 19.2 Å². The molecule has 1 aliphatic heterocycles. The van der Waals surface area contributed by atoms with Crippen molar-refractivity contribution >= 4 is 40.2 Å². The van der Waals surface area contributed by atoms with Gasteiger partial charge in [-0.15, -0.1) is 0 Å². The second kappa shape index (κ2) is 6.87. The summed E-state index contributed by atoms with van der Waals surface area (Å²) in [4.78, 5) is 50.2. The quantitative estimate of drug-likeness (QED) is 0.546. The highest BCUT2D eigenvalue weighted by Crippen LogP contribution is 2.32. The SMILES string of the molecule is CC(OC(=O)c1ccc(N2C(=O)c3cccc4cccc(c34)C2=O)cc1)C(N)=O. The summed E-state index contributed by atoms with van der Waals surface area (Å²) in [5.41, 5.74) is 6.46. The predicted octanol–water partition coefficient (Wildman–Crippen LogP) is 2.67. The number of benzene rings is 3. The van der Waals surface area contributed by atoms with Gasteiger partial charge in [0, 0.05) is 16.5 Å². The summed E-state index contributed by atoms with van der Waals surface area (Å²) in [6.45, 7) is 1.37. The molecule has 7 nitrogen and oxygen atoms in total. The van der Waals surface area contributed by atoms with Gasteiger partial charge >= 0.3 is 5.97 Å². The molecule has 7 heteroatoms. The van der Waals surface area contributed by atoms with Crippen LogP contribution in [0.1, 0.15) is 38.0 Å². The normalized spacial score (nSPS) is 14.0. The number of imide groups is 1. The van der Waals surface area contributed by atoms with E-state index in [-0.39, 0.29) is 5.56 Å². The van der Waals surface area contributed by atoms with Crippen LogP contribution in [0.25, 0.3) is 10.8 Å². The van der Waals surface area contributed by atoms with Crippen LogP contribution < -0.4 is 10.6 Å². The third-order valence-corrected chi connectivity index (χ3v) is 4.82. The summed E-state index contributed by atoms with van der Waals surface area (Å²) >= 11 is 0. The minimum absolute atomic E-state index is 0.168. The van der Waals surface area contributed by atoms with E-state index in [1.54, 1.807) is 24.3 Å². The standard InChI is InChI=1S/C22H16N2O5/c1-12(19(23)25)29-22(28)14-8-10-15(11-9-14)24-20(26)16-6-2-4-13-5-3-7-17(18(13)16)21(24)27/h2-12H,1H3,(H2,23,25). The van der Waals surface area contributed by atoms with Gasteiger partial charge < -0.3 is 10.5 Å². The van der Waals surface area contributed by atoms with E-state index in [1.807, 2.05) is 12.1 Å². The summed E-state index contributed by atoms with van der Waals surface area (Å²) in [6, 6.07) is 16.4. The molecular weight excluding hydrogens is 372 g/mol. The first-order valence-electron chi connectivity index (χ1n) is 8.89. The Balaban J connectivity index is 1.67. The molecule has 2 N–H and O–H groups in total. The molecule has 3 amide bonds. The van der Waals surface area contributed by atoms with E-state index in [0.717, 1.165) is 10.3 Å². The Hall–Kier alpha value is -4.00. The molecule has 3 aromatic rings. The number of nitrogens with two attached hydrogens (primary N) is 1. The van der Waals surface area contributed by atoms with E-state index in [4.69, 9.17) is 10.5 Å². The Bertz CT molecular complexity index is 1130. The number of rotatable bonds is 4. The number of esters is 1. The van der Waals surface area contributed by atoms with Crippen LogP contribution in [0.5, 0.6) is 0 Å². The highest BCUT2D eigenvalue weighted by molar-refractivity contribution is 6.35. The number of primary amides is 1. The lowest BCUT2D eigenvalue weighted by Gasteiger charge is -2.27. The maximum atomic E-state index is 13.0. The number of hydrogen-bond acceptors (Lipinski definition) is 5. The molecule has 1 unspecified atom stereocenters. The lowest BCUT2D eigenvalue weighted by molar-refractivity contribution is -0.125. The van der Waals surface area contributed by atoms with E-state index >= 15 is 0 Å². The monoisotopic (exact) mass is 388 g/mol. The van der Waals surface area contributed by atoms with Crippen LogP contribution >= 0.6 is 0 Å². The maximum absolute atomic E-state index is 13.0. The second-order valence-electron chi connectivity index (χ2n) is 6.65.